The topological polar surface area (TPSA) is 77.5 Å². The number of anilines is 1. The van der Waals surface area contributed by atoms with E-state index in [4.69, 9.17) is 4.74 Å². The van der Waals surface area contributed by atoms with Gasteiger partial charge in [-0.2, -0.15) is 8.78 Å². The molecule has 0 aliphatic carbocycles. The number of aromatic nitrogens is 1. The summed E-state index contributed by atoms with van der Waals surface area (Å²) in [5.74, 6) is -1.25. The molecule has 1 aromatic carbocycles. The molecule has 1 amide bonds. The van der Waals surface area contributed by atoms with Crippen molar-refractivity contribution in [3.05, 3.63) is 48.2 Å². The number of thioether (sulfide) groups is 1. The van der Waals surface area contributed by atoms with E-state index in [1.807, 2.05) is 0 Å². The van der Waals surface area contributed by atoms with Crippen LogP contribution in [0.15, 0.2) is 47.6 Å². The van der Waals surface area contributed by atoms with Crippen LogP contribution in [-0.4, -0.2) is 35.8 Å². The van der Waals surface area contributed by atoms with Gasteiger partial charge < -0.3 is 14.8 Å². The van der Waals surface area contributed by atoms with Gasteiger partial charge in [0.25, 0.3) is 5.91 Å². The van der Waals surface area contributed by atoms with Crippen LogP contribution < -0.4 is 10.1 Å². The summed E-state index contributed by atoms with van der Waals surface area (Å²) in [6, 6.07) is 8.55. The first-order valence-corrected chi connectivity index (χ1v) is 8.69. The highest BCUT2D eigenvalue weighted by molar-refractivity contribution is 7.98. The minimum absolute atomic E-state index is 0.0290. The molecule has 0 fully saturated rings. The molecule has 1 N–H and O–H groups in total. The Morgan fingerprint density at radius 2 is 1.88 bits per heavy atom. The van der Waals surface area contributed by atoms with Crippen LogP contribution in [0, 0.1) is 0 Å². The fraction of sp³-hybridized carbons (Fsp3) is 0.235. The average molecular weight is 382 g/mol. The number of ether oxygens (including phenoxy) is 2. The van der Waals surface area contributed by atoms with E-state index in [1.54, 1.807) is 24.6 Å². The number of esters is 1. The van der Waals surface area contributed by atoms with E-state index in [0.717, 1.165) is 0 Å². The predicted octanol–water partition coefficient (Wildman–Crippen LogP) is 3.59. The molecule has 0 aliphatic rings. The molecule has 1 unspecified atom stereocenters. The number of carbonyl (C=O) groups excluding carboxylic acids is 2. The van der Waals surface area contributed by atoms with Gasteiger partial charge in [0.15, 0.2) is 6.10 Å². The lowest BCUT2D eigenvalue weighted by Gasteiger charge is -2.14. The molecule has 1 aromatic heterocycles. The molecule has 2 rings (SSSR count). The van der Waals surface area contributed by atoms with Crippen molar-refractivity contribution >= 4 is 29.3 Å². The van der Waals surface area contributed by atoms with Gasteiger partial charge in [-0.15, -0.1) is 11.8 Å². The minimum Gasteiger partial charge on any atom is -0.449 e. The number of benzene rings is 1. The van der Waals surface area contributed by atoms with E-state index in [0.29, 0.717) is 10.7 Å². The highest BCUT2D eigenvalue weighted by Gasteiger charge is 2.21. The Morgan fingerprint density at radius 1 is 1.19 bits per heavy atom. The quantitative estimate of drug-likeness (QED) is 0.583. The number of nitrogens with zero attached hydrogens (tertiary/aromatic N) is 1. The Kier molecular flexibility index (Phi) is 6.90. The second-order valence-corrected chi connectivity index (χ2v) is 5.79. The second kappa shape index (κ2) is 9.14. The molecule has 0 bridgehead atoms. The maximum Gasteiger partial charge on any atom is 0.387 e. The number of halogens is 2. The number of pyridine rings is 1. The Labute approximate surface area is 152 Å². The van der Waals surface area contributed by atoms with E-state index in [9.17, 15) is 18.4 Å². The highest BCUT2D eigenvalue weighted by atomic mass is 32.2. The van der Waals surface area contributed by atoms with Gasteiger partial charge in [0.2, 0.25) is 0 Å². The number of hydrogen-bond acceptors (Lipinski definition) is 6. The van der Waals surface area contributed by atoms with Crippen molar-refractivity contribution in [2.75, 3.05) is 11.6 Å². The van der Waals surface area contributed by atoms with Gasteiger partial charge in [-0.25, -0.2) is 9.78 Å². The molecule has 0 radical (unpaired) electrons. The van der Waals surface area contributed by atoms with Crippen molar-refractivity contribution in [2.45, 2.75) is 24.7 Å². The predicted molar refractivity (Wildman–Crippen MR) is 92.6 cm³/mol. The molecule has 0 spiro atoms. The maximum absolute atomic E-state index is 12.2. The number of carbonyl (C=O) groups is 2. The van der Waals surface area contributed by atoms with Gasteiger partial charge >= 0.3 is 12.6 Å². The number of hydrogen-bond donors (Lipinski definition) is 1. The second-order valence-electron chi connectivity index (χ2n) is 5.00. The molecule has 1 atom stereocenters. The summed E-state index contributed by atoms with van der Waals surface area (Å²) in [6.07, 6.45) is 2.27. The van der Waals surface area contributed by atoms with Crippen molar-refractivity contribution in [1.29, 1.82) is 0 Å². The zero-order chi connectivity index (χ0) is 19.1. The molecule has 0 saturated heterocycles. The molecule has 26 heavy (non-hydrogen) atoms. The van der Waals surface area contributed by atoms with E-state index in [-0.39, 0.29) is 11.3 Å². The van der Waals surface area contributed by atoms with Crippen molar-refractivity contribution in [2.24, 2.45) is 0 Å². The number of alkyl halides is 2. The van der Waals surface area contributed by atoms with Gasteiger partial charge in [-0.3, -0.25) is 4.79 Å². The zero-order valence-corrected chi connectivity index (χ0v) is 14.8. The summed E-state index contributed by atoms with van der Waals surface area (Å²) in [5.41, 5.74) is 0.624. The fourth-order valence-corrected chi connectivity index (χ4v) is 2.49. The summed E-state index contributed by atoms with van der Waals surface area (Å²) in [4.78, 5) is 28.4. The van der Waals surface area contributed by atoms with Crippen molar-refractivity contribution in [3.8, 4) is 5.75 Å². The molecule has 9 heteroatoms. The molecular weight excluding hydrogens is 366 g/mol. The Morgan fingerprint density at radius 3 is 2.50 bits per heavy atom. The molecular formula is C17H16F2N2O4S. The van der Waals surface area contributed by atoms with Crippen LogP contribution in [0.3, 0.4) is 0 Å². The van der Waals surface area contributed by atoms with Crippen molar-refractivity contribution < 1.29 is 27.8 Å². The first-order chi connectivity index (χ1) is 12.4. The third-order valence-corrected chi connectivity index (χ3v) is 3.90. The molecule has 0 aliphatic heterocycles. The number of rotatable bonds is 7. The largest absolute Gasteiger partial charge is 0.449 e. The third-order valence-electron chi connectivity index (χ3n) is 3.18. The van der Waals surface area contributed by atoms with Crippen LogP contribution in [0.1, 0.15) is 17.3 Å². The first-order valence-electron chi connectivity index (χ1n) is 7.46. The van der Waals surface area contributed by atoms with E-state index in [2.05, 4.69) is 15.0 Å². The van der Waals surface area contributed by atoms with Gasteiger partial charge in [0.1, 0.15) is 10.8 Å². The van der Waals surface area contributed by atoms with Crippen LogP contribution in [-0.2, 0) is 9.53 Å². The summed E-state index contributed by atoms with van der Waals surface area (Å²) >= 11 is 1.29. The van der Waals surface area contributed by atoms with Crippen LogP contribution in [0.5, 0.6) is 5.75 Å². The minimum atomic E-state index is -2.92. The molecule has 2 aromatic rings. The molecule has 138 valence electrons. The van der Waals surface area contributed by atoms with Crippen LogP contribution in [0.4, 0.5) is 14.5 Å². The van der Waals surface area contributed by atoms with Crippen LogP contribution >= 0.6 is 11.8 Å². The third kappa shape index (κ3) is 5.41. The first kappa shape index (κ1) is 19.6. The van der Waals surface area contributed by atoms with E-state index >= 15 is 0 Å². The summed E-state index contributed by atoms with van der Waals surface area (Å²) in [6.45, 7) is -1.50. The van der Waals surface area contributed by atoms with Crippen molar-refractivity contribution in [3.63, 3.8) is 0 Å². The lowest BCUT2D eigenvalue weighted by atomic mass is 10.2. The summed E-state index contributed by atoms with van der Waals surface area (Å²) < 4.78 is 33.6. The summed E-state index contributed by atoms with van der Waals surface area (Å²) in [5, 5.41) is 3.03. The maximum atomic E-state index is 12.2. The smallest absolute Gasteiger partial charge is 0.387 e. The van der Waals surface area contributed by atoms with Gasteiger partial charge in [-0.1, -0.05) is 0 Å². The average Bonchev–Trinajstić information content (AvgIpc) is 2.62. The SMILES string of the molecule is CSc1ncccc1C(=O)OC(C)C(=O)Nc1ccc(OC(F)F)cc1. The number of amides is 1. The lowest BCUT2D eigenvalue weighted by Crippen LogP contribution is -2.30. The normalized spacial score (nSPS) is 11.7. The lowest BCUT2D eigenvalue weighted by molar-refractivity contribution is -0.123. The standard InChI is InChI=1S/C17H16F2N2O4S/c1-10(24-16(23)13-4-3-9-20-15(13)26-2)14(22)21-11-5-7-12(8-6-11)25-17(18)19/h3-10,17H,1-2H3,(H,21,22). The van der Waals surface area contributed by atoms with Gasteiger partial charge in [0, 0.05) is 11.9 Å². The summed E-state index contributed by atoms with van der Waals surface area (Å²) in [7, 11) is 0. The van der Waals surface area contributed by atoms with Crippen LogP contribution in [0.2, 0.25) is 0 Å². The van der Waals surface area contributed by atoms with Crippen LogP contribution in [0.25, 0.3) is 0 Å². The van der Waals surface area contributed by atoms with E-state index in [1.165, 1.54) is 43.0 Å². The Bertz CT molecular complexity index is 772. The number of nitrogens with one attached hydrogen (secondary N) is 1. The fourth-order valence-electron chi connectivity index (χ4n) is 1.95. The molecule has 1 heterocycles. The van der Waals surface area contributed by atoms with E-state index < -0.39 is 24.6 Å². The zero-order valence-electron chi connectivity index (χ0n) is 13.9. The Hall–Kier alpha value is -2.68. The van der Waals surface area contributed by atoms with Gasteiger partial charge in [0.05, 0.1) is 5.56 Å². The Balaban J connectivity index is 1.95. The molecule has 6 nitrogen and oxygen atoms in total. The van der Waals surface area contributed by atoms with Crippen molar-refractivity contribution in [1.82, 2.24) is 4.98 Å². The molecule has 0 saturated carbocycles. The highest BCUT2D eigenvalue weighted by Crippen LogP contribution is 2.20. The van der Waals surface area contributed by atoms with Gasteiger partial charge in [-0.05, 0) is 49.6 Å². The monoisotopic (exact) mass is 382 g/mol.